The Hall–Kier alpha value is -2.87. The van der Waals surface area contributed by atoms with Gasteiger partial charge in [-0.25, -0.2) is 0 Å². The molecule has 2 amide bonds. The predicted octanol–water partition coefficient (Wildman–Crippen LogP) is 4.22. The molecule has 0 fully saturated rings. The lowest BCUT2D eigenvalue weighted by atomic mass is 10.1. The number of carbonyl (C=O) groups is 2. The normalized spacial score (nSPS) is 12.6. The van der Waals surface area contributed by atoms with Gasteiger partial charge in [-0.05, 0) is 63.2 Å². The predicted molar refractivity (Wildman–Crippen MR) is 107 cm³/mol. The Kier molecular flexibility index (Phi) is 7.02. The molecule has 0 heterocycles. The molecule has 0 bridgehead atoms. The lowest BCUT2D eigenvalue weighted by Gasteiger charge is -2.24. The highest BCUT2D eigenvalue weighted by molar-refractivity contribution is 5.96. The minimum absolute atomic E-state index is 0.0185. The van der Waals surface area contributed by atoms with E-state index in [1.807, 2.05) is 32.0 Å². The number of alkyl halides is 3. The topological polar surface area (TPSA) is 61.4 Å². The lowest BCUT2D eigenvalue weighted by molar-refractivity contribution is -0.137. The molecule has 29 heavy (non-hydrogen) atoms. The highest BCUT2D eigenvalue weighted by Gasteiger charge is 2.30. The molecule has 2 rings (SSSR count). The number of aryl methyl sites for hydroxylation is 2. The van der Waals surface area contributed by atoms with Crippen LogP contribution in [0.2, 0.25) is 0 Å². The first-order valence-corrected chi connectivity index (χ1v) is 9.03. The van der Waals surface area contributed by atoms with Crippen LogP contribution in [-0.4, -0.2) is 36.3 Å². The molecule has 0 aromatic heterocycles. The summed E-state index contributed by atoms with van der Waals surface area (Å²) in [6.07, 6.45) is -4.43. The number of anilines is 2. The maximum atomic E-state index is 12.6. The summed E-state index contributed by atoms with van der Waals surface area (Å²) in [6.45, 7) is 5.39. The molecule has 8 heteroatoms. The van der Waals surface area contributed by atoms with Crippen LogP contribution >= 0.6 is 0 Å². The van der Waals surface area contributed by atoms with Crippen molar-refractivity contribution in [1.29, 1.82) is 0 Å². The third-order valence-electron chi connectivity index (χ3n) is 4.66. The first-order valence-electron chi connectivity index (χ1n) is 9.03. The summed E-state index contributed by atoms with van der Waals surface area (Å²) in [5.41, 5.74) is 2.09. The molecule has 0 aliphatic carbocycles. The van der Waals surface area contributed by atoms with Gasteiger partial charge < -0.3 is 10.6 Å². The molecular weight excluding hydrogens is 383 g/mol. The molecule has 0 saturated heterocycles. The number of para-hydroxylation sites is 1. The second-order valence-electron chi connectivity index (χ2n) is 6.97. The number of benzene rings is 2. The van der Waals surface area contributed by atoms with Gasteiger partial charge in [0.1, 0.15) is 0 Å². The van der Waals surface area contributed by atoms with Gasteiger partial charge in [-0.1, -0.05) is 18.2 Å². The minimum atomic E-state index is -4.43. The Morgan fingerprint density at radius 2 is 1.55 bits per heavy atom. The van der Waals surface area contributed by atoms with E-state index in [4.69, 9.17) is 0 Å². The smallest absolute Gasteiger partial charge is 0.325 e. The van der Waals surface area contributed by atoms with Gasteiger partial charge in [-0.3, -0.25) is 14.5 Å². The standard InChI is InChI=1S/C21H24F3N3O2/c1-13-6-5-7-14(2)19(13)26-18(28)12-27(4)15(3)20(29)25-17-10-8-16(9-11-17)21(22,23)24/h5-11,15H,12H2,1-4H3,(H,25,29)(H,26,28). The van der Waals surface area contributed by atoms with Crippen LogP contribution in [0.3, 0.4) is 0 Å². The van der Waals surface area contributed by atoms with Gasteiger partial charge in [0.25, 0.3) is 0 Å². The Balaban J connectivity index is 1.94. The van der Waals surface area contributed by atoms with E-state index in [1.165, 1.54) is 12.1 Å². The Bertz CT molecular complexity index is 859. The molecule has 2 aromatic carbocycles. The van der Waals surface area contributed by atoms with Gasteiger partial charge in [0, 0.05) is 11.4 Å². The van der Waals surface area contributed by atoms with E-state index in [2.05, 4.69) is 10.6 Å². The van der Waals surface area contributed by atoms with E-state index in [1.54, 1.807) is 18.9 Å². The zero-order valence-corrected chi connectivity index (χ0v) is 16.7. The van der Waals surface area contributed by atoms with Gasteiger partial charge in [0.05, 0.1) is 18.2 Å². The van der Waals surface area contributed by atoms with Crippen molar-refractivity contribution in [3.8, 4) is 0 Å². The monoisotopic (exact) mass is 407 g/mol. The van der Waals surface area contributed by atoms with Gasteiger partial charge in [-0.2, -0.15) is 13.2 Å². The number of hydrogen-bond donors (Lipinski definition) is 2. The molecule has 5 nitrogen and oxygen atoms in total. The van der Waals surface area contributed by atoms with E-state index in [9.17, 15) is 22.8 Å². The largest absolute Gasteiger partial charge is 0.416 e. The van der Waals surface area contributed by atoms with Crippen molar-refractivity contribution in [3.63, 3.8) is 0 Å². The van der Waals surface area contributed by atoms with Crippen LogP contribution in [0, 0.1) is 13.8 Å². The first-order chi connectivity index (χ1) is 13.5. The van der Waals surface area contributed by atoms with Crippen molar-refractivity contribution in [2.45, 2.75) is 33.0 Å². The van der Waals surface area contributed by atoms with Crippen molar-refractivity contribution >= 4 is 23.2 Å². The molecule has 0 radical (unpaired) electrons. The highest BCUT2D eigenvalue weighted by atomic mass is 19.4. The molecule has 156 valence electrons. The first kappa shape index (κ1) is 22.4. The van der Waals surface area contributed by atoms with E-state index in [0.29, 0.717) is 0 Å². The summed E-state index contributed by atoms with van der Waals surface area (Å²) >= 11 is 0. The second kappa shape index (κ2) is 9.09. The number of rotatable bonds is 6. The van der Waals surface area contributed by atoms with Crippen LogP contribution in [0.1, 0.15) is 23.6 Å². The molecule has 0 aliphatic heterocycles. The van der Waals surface area contributed by atoms with E-state index in [-0.39, 0.29) is 18.1 Å². The molecule has 1 atom stereocenters. The number of nitrogens with zero attached hydrogens (tertiary/aromatic N) is 1. The summed E-state index contributed by atoms with van der Waals surface area (Å²) in [5, 5.41) is 5.42. The van der Waals surface area contributed by atoms with Crippen molar-refractivity contribution in [3.05, 3.63) is 59.2 Å². The maximum Gasteiger partial charge on any atom is 0.416 e. The van der Waals surface area contributed by atoms with Crippen molar-refractivity contribution in [1.82, 2.24) is 4.90 Å². The van der Waals surface area contributed by atoms with Crippen LogP contribution in [0.4, 0.5) is 24.5 Å². The van der Waals surface area contributed by atoms with Gasteiger partial charge in [0.15, 0.2) is 0 Å². The fourth-order valence-corrected chi connectivity index (χ4v) is 2.74. The molecule has 0 aliphatic rings. The van der Waals surface area contributed by atoms with Crippen LogP contribution in [0.15, 0.2) is 42.5 Å². The molecule has 0 spiro atoms. The quantitative estimate of drug-likeness (QED) is 0.754. The fraction of sp³-hybridized carbons (Fsp3) is 0.333. The minimum Gasteiger partial charge on any atom is -0.325 e. The van der Waals surface area contributed by atoms with Gasteiger partial charge >= 0.3 is 6.18 Å². The van der Waals surface area contributed by atoms with E-state index >= 15 is 0 Å². The van der Waals surface area contributed by atoms with E-state index in [0.717, 1.165) is 28.9 Å². The summed E-state index contributed by atoms with van der Waals surface area (Å²) in [7, 11) is 1.63. The number of nitrogens with one attached hydrogen (secondary N) is 2. The SMILES string of the molecule is Cc1cccc(C)c1NC(=O)CN(C)C(C)C(=O)Nc1ccc(C(F)(F)F)cc1. The number of halogens is 3. The van der Waals surface area contributed by atoms with Crippen molar-refractivity contribution in [2.75, 3.05) is 24.2 Å². The molecule has 1 unspecified atom stereocenters. The lowest BCUT2D eigenvalue weighted by Crippen LogP contribution is -2.43. The fourth-order valence-electron chi connectivity index (χ4n) is 2.74. The zero-order chi connectivity index (χ0) is 21.8. The number of amides is 2. The average molecular weight is 407 g/mol. The maximum absolute atomic E-state index is 12.6. The summed E-state index contributed by atoms with van der Waals surface area (Å²) in [4.78, 5) is 26.3. The molecule has 2 aromatic rings. The van der Waals surface area contributed by atoms with Crippen molar-refractivity contribution in [2.24, 2.45) is 0 Å². The summed E-state index contributed by atoms with van der Waals surface area (Å²) < 4.78 is 37.8. The third kappa shape index (κ3) is 6.05. The summed E-state index contributed by atoms with van der Waals surface area (Å²) in [5.74, 6) is -0.689. The number of carbonyl (C=O) groups excluding carboxylic acids is 2. The summed E-state index contributed by atoms with van der Waals surface area (Å²) in [6, 6.07) is 9.23. The number of likely N-dealkylation sites (N-methyl/N-ethyl adjacent to an activating group) is 1. The number of hydrogen-bond acceptors (Lipinski definition) is 3. The molecular formula is C21H24F3N3O2. The third-order valence-corrected chi connectivity index (χ3v) is 4.66. The van der Waals surface area contributed by atoms with Crippen LogP contribution < -0.4 is 10.6 Å². The van der Waals surface area contributed by atoms with E-state index < -0.39 is 23.7 Å². The zero-order valence-electron chi connectivity index (χ0n) is 16.7. The highest BCUT2D eigenvalue weighted by Crippen LogP contribution is 2.29. The Labute approximate surface area is 167 Å². The Morgan fingerprint density at radius 1 is 1.00 bits per heavy atom. The molecule has 2 N–H and O–H groups in total. The van der Waals surface area contributed by atoms with Crippen molar-refractivity contribution < 1.29 is 22.8 Å². The van der Waals surface area contributed by atoms with Crippen LogP contribution in [0.25, 0.3) is 0 Å². The van der Waals surface area contributed by atoms with Gasteiger partial charge in [-0.15, -0.1) is 0 Å². The second-order valence-corrected chi connectivity index (χ2v) is 6.97. The van der Waals surface area contributed by atoms with Crippen LogP contribution in [-0.2, 0) is 15.8 Å². The average Bonchev–Trinajstić information content (AvgIpc) is 2.63. The Morgan fingerprint density at radius 3 is 2.07 bits per heavy atom. The van der Waals surface area contributed by atoms with Gasteiger partial charge in [0.2, 0.25) is 11.8 Å². The van der Waals surface area contributed by atoms with Crippen LogP contribution in [0.5, 0.6) is 0 Å². The molecule has 0 saturated carbocycles.